The molecule has 0 aliphatic heterocycles. The van der Waals surface area contributed by atoms with Crippen molar-refractivity contribution in [2.24, 2.45) is 0 Å². The lowest BCUT2D eigenvalue weighted by Gasteiger charge is -2.14. The number of halogens is 1. The number of carbonyl (C=O) groups excluding carboxylic acids is 1. The molecule has 0 atom stereocenters. The number of rotatable bonds is 6. The number of aromatic nitrogens is 1. The normalized spacial score (nSPS) is 10.9. The van der Waals surface area contributed by atoms with Crippen LogP contribution in [0.1, 0.15) is 30.9 Å². The molecule has 0 radical (unpaired) electrons. The maximum Gasteiger partial charge on any atom is 0.264 e. The van der Waals surface area contributed by atoms with E-state index in [0.29, 0.717) is 16.1 Å². The number of ether oxygens (including phenoxy) is 1. The van der Waals surface area contributed by atoms with Gasteiger partial charge in [0.25, 0.3) is 5.91 Å². The van der Waals surface area contributed by atoms with Gasteiger partial charge in [0.15, 0.2) is 11.7 Å². The zero-order valence-electron chi connectivity index (χ0n) is 15.5. The smallest absolute Gasteiger partial charge is 0.264 e. The molecular formula is C21H21ClN2O2S. The SMILES string of the molecule is Cc1ccc(C(C)C)c(OCC(=O)Nc2nc(-c3ccc(Cl)cc3)cs2)c1. The average molecular weight is 401 g/mol. The number of thiazole rings is 1. The van der Waals surface area contributed by atoms with E-state index in [9.17, 15) is 4.79 Å². The molecule has 1 amide bonds. The van der Waals surface area contributed by atoms with E-state index < -0.39 is 0 Å². The number of aryl methyl sites for hydroxylation is 1. The van der Waals surface area contributed by atoms with Gasteiger partial charge in [0.05, 0.1) is 5.69 Å². The largest absolute Gasteiger partial charge is 0.483 e. The van der Waals surface area contributed by atoms with Crippen LogP contribution in [0.4, 0.5) is 5.13 Å². The minimum atomic E-state index is -0.233. The summed E-state index contributed by atoms with van der Waals surface area (Å²) in [5.41, 5.74) is 3.94. The number of amides is 1. The second-order valence-electron chi connectivity index (χ2n) is 6.58. The summed E-state index contributed by atoms with van der Waals surface area (Å²) in [5, 5.41) is 5.92. The van der Waals surface area contributed by atoms with Crippen molar-refractivity contribution in [1.82, 2.24) is 4.98 Å². The Bertz CT molecular complexity index is 936. The van der Waals surface area contributed by atoms with Crippen molar-refractivity contribution < 1.29 is 9.53 Å². The highest BCUT2D eigenvalue weighted by Gasteiger charge is 2.12. The van der Waals surface area contributed by atoms with Gasteiger partial charge in [-0.2, -0.15) is 0 Å². The Morgan fingerprint density at radius 3 is 2.67 bits per heavy atom. The first kappa shape index (κ1) is 19.4. The highest BCUT2D eigenvalue weighted by atomic mass is 35.5. The maximum atomic E-state index is 12.3. The molecule has 0 aliphatic rings. The first-order chi connectivity index (χ1) is 12.9. The fourth-order valence-electron chi connectivity index (χ4n) is 2.63. The highest BCUT2D eigenvalue weighted by molar-refractivity contribution is 7.14. The minimum Gasteiger partial charge on any atom is -0.483 e. The van der Waals surface area contributed by atoms with Gasteiger partial charge in [-0.3, -0.25) is 10.1 Å². The van der Waals surface area contributed by atoms with Crippen molar-refractivity contribution >= 4 is 34.0 Å². The summed E-state index contributed by atoms with van der Waals surface area (Å²) in [6.45, 7) is 6.15. The molecule has 0 saturated carbocycles. The number of anilines is 1. The molecule has 1 heterocycles. The number of nitrogens with one attached hydrogen (secondary N) is 1. The highest BCUT2D eigenvalue weighted by Crippen LogP contribution is 2.28. The first-order valence-electron chi connectivity index (χ1n) is 8.67. The topological polar surface area (TPSA) is 51.2 Å². The molecule has 0 spiro atoms. The minimum absolute atomic E-state index is 0.0565. The van der Waals surface area contributed by atoms with E-state index in [4.69, 9.17) is 16.3 Å². The zero-order chi connectivity index (χ0) is 19.4. The fraction of sp³-hybridized carbons (Fsp3) is 0.238. The van der Waals surface area contributed by atoms with Crippen molar-refractivity contribution in [3.8, 4) is 17.0 Å². The van der Waals surface area contributed by atoms with Crippen LogP contribution >= 0.6 is 22.9 Å². The van der Waals surface area contributed by atoms with E-state index in [1.54, 1.807) is 0 Å². The van der Waals surface area contributed by atoms with Crippen LogP contribution in [-0.2, 0) is 4.79 Å². The van der Waals surface area contributed by atoms with Gasteiger partial charge in [0.1, 0.15) is 5.75 Å². The van der Waals surface area contributed by atoms with E-state index in [2.05, 4.69) is 30.2 Å². The molecule has 3 rings (SSSR count). The standard InChI is InChI=1S/C21H21ClN2O2S/c1-13(2)17-9-4-14(3)10-19(17)26-11-20(25)24-21-23-18(12-27-21)15-5-7-16(22)8-6-15/h4-10,12-13H,11H2,1-3H3,(H,23,24,25). The molecule has 140 valence electrons. The molecule has 2 aromatic carbocycles. The van der Waals surface area contributed by atoms with Crippen molar-refractivity contribution in [2.75, 3.05) is 11.9 Å². The third-order valence-electron chi connectivity index (χ3n) is 4.04. The van der Waals surface area contributed by atoms with Crippen molar-refractivity contribution in [2.45, 2.75) is 26.7 Å². The number of benzene rings is 2. The molecule has 27 heavy (non-hydrogen) atoms. The summed E-state index contributed by atoms with van der Waals surface area (Å²) in [5.74, 6) is 0.842. The van der Waals surface area contributed by atoms with E-state index in [1.165, 1.54) is 11.3 Å². The maximum absolute atomic E-state index is 12.3. The number of hydrogen-bond donors (Lipinski definition) is 1. The molecular weight excluding hydrogens is 380 g/mol. The van der Waals surface area contributed by atoms with Gasteiger partial charge >= 0.3 is 0 Å². The Balaban J connectivity index is 1.62. The van der Waals surface area contributed by atoms with Gasteiger partial charge in [0.2, 0.25) is 0 Å². The Morgan fingerprint density at radius 1 is 1.22 bits per heavy atom. The average Bonchev–Trinajstić information content (AvgIpc) is 3.08. The van der Waals surface area contributed by atoms with Crippen molar-refractivity contribution in [3.05, 3.63) is 64.0 Å². The molecule has 0 fully saturated rings. The zero-order valence-corrected chi connectivity index (χ0v) is 17.0. The number of carbonyl (C=O) groups is 1. The summed E-state index contributed by atoms with van der Waals surface area (Å²) >= 11 is 7.29. The van der Waals surface area contributed by atoms with Crippen LogP contribution in [-0.4, -0.2) is 17.5 Å². The summed E-state index contributed by atoms with van der Waals surface area (Å²) in [7, 11) is 0. The Hall–Kier alpha value is -2.37. The predicted molar refractivity (Wildman–Crippen MR) is 112 cm³/mol. The van der Waals surface area contributed by atoms with Crippen LogP contribution in [0.5, 0.6) is 5.75 Å². The Labute approximate surface area is 168 Å². The van der Waals surface area contributed by atoms with E-state index in [0.717, 1.165) is 28.1 Å². The molecule has 0 unspecified atom stereocenters. The fourth-order valence-corrected chi connectivity index (χ4v) is 3.49. The van der Waals surface area contributed by atoms with E-state index in [-0.39, 0.29) is 12.5 Å². The van der Waals surface area contributed by atoms with Crippen LogP contribution < -0.4 is 10.1 Å². The van der Waals surface area contributed by atoms with Crippen LogP contribution in [0.2, 0.25) is 5.02 Å². The van der Waals surface area contributed by atoms with Crippen LogP contribution in [0.25, 0.3) is 11.3 Å². The van der Waals surface area contributed by atoms with Gasteiger partial charge in [-0.15, -0.1) is 11.3 Å². The van der Waals surface area contributed by atoms with Gasteiger partial charge < -0.3 is 4.74 Å². The molecule has 4 nitrogen and oxygen atoms in total. The van der Waals surface area contributed by atoms with Gasteiger partial charge in [-0.1, -0.05) is 49.7 Å². The number of hydrogen-bond acceptors (Lipinski definition) is 4. The lowest BCUT2D eigenvalue weighted by Crippen LogP contribution is -2.20. The molecule has 0 bridgehead atoms. The molecule has 1 N–H and O–H groups in total. The van der Waals surface area contributed by atoms with Crippen LogP contribution in [0.15, 0.2) is 47.8 Å². The lowest BCUT2D eigenvalue weighted by atomic mass is 10.0. The lowest BCUT2D eigenvalue weighted by molar-refractivity contribution is -0.118. The predicted octanol–water partition coefficient (Wildman–Crippen LogP) is 5.91. The summed E-state index contributed by atoms with van der Waals surface area (Å²) < 4.78 is 5.77. The van der Waals surface area contributed by atoms with Gasteiger partial charge in [-0.25, -0.2) is 4.98 Å². The van der Waals surface area contributed by atoms with Gasteiger partial charge in [-0.05, 0) is 42.2 Å². The van der Waals surface area contributed by atoms with Gasteiger partial charge in [0, 0.05) is 16.0 Å². The molecule has 0 saturated heterocycles. The van der Waals surface area contributed by atoms with Crippen molar-refractivity contribution in [1.29, 1.82) is 0 Å². The molecule has 1 aromatic heterocycles. The third-order valence-corrected chi connectivity index (χ3v) is 5.05. The Morgan fingerprint density at radius 2 is 1.96 bits per heavy atom. The summed E-state index contributed by atoms with van der Waals surface area (Å²) in [6.07, 6.45) is 0. The molecule has 3 aromatic rings. The van der Waals surface area contributed by atoms with Crippen LogP contribution in [0, 0.1) is 6.92 Å². The second-order valence-corrected chi connectivity index (χ2v) is 7.87. The van der Waals surface area contributed by atoms with E-state index in [1.807, 2.05) is 48.7 Å². The summed E-state index contributed by atoms with van der Waals surface area (Å²) in [6, 6.07) is 13.5. The second kappa shape index (κ2) is 8.55. The van der Waals surface area contributed by atoms with Crippen LogP contribution in [0.3, 0.4) is 0 Å². The van der Waals surface area contributed by atoms with Crippen molar-refractivity contribution in [3.63, 3.8) is 0 Å². The Kier molecular flexibility index (Phi) is 6.14. The molecule has 6 heteroatoms. The quantitative estimate of drug-likeness (QED) is 0.559. The van der Waals surface area contributed by atoms with E-state index >= 15 is 0 Å². The third kappa shape index (κ3) is 5.08. The summed E-state index contributed by atoms with van der Waals surface area (Å²) in [4.78, 5) is 16.7. The number of nitrogens with zero attached hydrogens (tertiary/aromatic N) is 1. The monoisotopic (exact) mass is 400 g/mol. The first-order valence-corrected chi connectivity index (χ1v) is 9.93. The molecule has 0 aliphatic carbocycles.